The van der Waals surface area contributed by atoms with Crippen LogP contribution in [-0.4, -0.2) is 63.8 Å². The number of alkyl halides is 10. The van der Waals surface area contributed by atoms with Crippen molar-refractivity contribution < 1.29 is 57.8 Å². The molecular weight excluding hydrogens is 679 g/mol. The summed E-state index contributed by atoms with van der Waals surface area (Å²) in [4.78, 5) is 3.73. The smallest absolute Gasteiger partial charge is 0.468 e. The summed E-state index contributed by atoms with van der Waals surface area (Å²) in [6.45, 7) is -1.46. The predicted molar refractivity (Wildman–Crippen MR) is 138 cm³/mol. The molecule has 252 valence electrons. The molecule has 0 bridgehead atoms. The van der Waals surface area contributed by atoms with E-state index in [9.17, 15) is 48.3 Å². The molecule has 5 aromatic heterocycles. The van der Waals surface area contributed by atoms with Crippen LogP contribution < -0.4 is 9.47 Å². The lowest BCUT2D eigenvalue weighted by molar-refractivity contribution is -0.275. The number of hydrogen-bond donors (Lipinski definition) is 0. The molecule has 0 amide bonds. The molecule has 11 nitrogen and oxygen atoms in total. The molecule has 0 atom stereocenters. The van der Waals surface area contributed by atoms with Gasteiger partial charge in [0.1, 0.15) is 0 Å². The van der Waals surface area contributed by atoms with Gasteiger partial charge in [-0.15, -0.1) is 33.6 Å². The lowest BCUT2D eigenvalue weighted by Crippen LogP contribution is -2.19. The van der Waals surface area contributed by atoms with E-state index in [1.165, 1.54) is 42.6 Å². The van der Waals surface area contributed by atoms with Crippen LogP contribution in [0, 0.1) is 5.82 Å². The number of rotatable bonds is 7. The summed E-state index contributed by atoms with van der Waals surface area (Å²) in [7, 11) is 0. The largest absolute Gasteiger partial charge is 0.573 e. The molecule has 5 heterocycles. The first-order valence-corrected chi connectivity index (χ1v) is 12.8. The van der Waals surface area contributed by atoms with E-state index >= 15 is 0 Å². The lowest BCUT2D eigenvalue weighted by Gasteiger charge is -2.10. The van der Waals surface area contributed by atoms with Gasteiger partial charge < -0.3 is 9.47 Å². The molecule has 0 aliphatic carbocycles. The number of pyridine rings is 1. The molecule has 0 radical (unpaired) electrons. The highest BCUT2D eigenvalue weighted by Gasteiger charge is 2.32. The molecule has 0 aliphatic heterocycles. The molecule has 0 N–H and O–H groups in total. The van der Waals surface area contributed by atoms with E-state index in [2.05, 4.69) is 45.0 Å². The van der Waals surface area contributed by atoms with Crippen LogP contribution in [0.15, 0.2) is 60.8 Å². The molecule has 1 aromatic carbocycles. The first-order valence-electron chi connectivity index (χ1n) is 12.8. The summed E-state index contributed by atoms with van der Waals surface area (Å²) in [6, 6.07) is 10.9. The van der Waals surface area contributed by atoms with Gasteiger partial charge in [-0.25, -0.2) is 26.9 Å². The number of halogens is 11. The van der Waals surface area contributed by atoms with Crippen LogP contribution >= 0.6 is 0 Å². The summed E-state index contributed by atoms with van der Waals surface area (Å²) in [6.07, 6.45) is -14.0. The van der Waals surface area contributed by atoms with E-state index in [-0.39, 0.29) is 34.1 Å². The van der Waals surface area contributed by atoms with Crippen molar-refractivity contribution in [2.75, 3.05) is 6.61 Å². The molecule has 48 heavy (non-hydrogen) atoms. The molecule has 0 saturated carbocycles. The lowest BCUT2D eigenvalue weighted by atomic mass is 10.1. The number of ether oxygens (including phenoxy) is 2. The molecule has 0 spiro atoms. The summed E-state index contributed by atoms with van der Waals surface area (Å²) < 4.78 is 147. The SMILES string of the molecule is FC(F)c1nnc2ccc(-c3ccc(OCC(F)(F)F)nc3)nn12.Fc1cc(-c2ccc3nnc(C(F)F)n3n2)ccc1OC(F)(F)F. The molecule has 6 aromatic rings. The number of nitrogens with zero attached hydrogens (tertiary/aromatic N) is 9. The van der Waals surface area contributed by atoms with Crippen molar-refractivity contribution in [2.45, 2.75) is 25.4 Å². The van der Waals surface area contributed by atoms with Crippen molar-refractivity contribution in [1.29, 1.82) is 0 Å². The normalized spacial score (nSPS) is 12.1. The average Bonchev–Trinajstić information content (AvgIpc) is 3.65. The fraction of sp³-hybridized carbons (Fsp3) is 0.192. The van der Waals surface area contributed by atoms with E-state index in [4.69, 9.17) is 0 Å². The first kappa shape index (κ1) is 33.7. The van der Waals surface area contributed by atoms with E-state index in [1.54, 1.807) is 0 Å². The zero-order valence-electron chi connectivity index (χ0n) is 23.1. The Morgan fingerprint density at radius 2 is 1.21 bits per heavy atom. The van der Waals surface area contributed by atoms with Crippen molar-refractivity contribution in [1.82, 2.24) is 44.6 Å². The van der Waals surface area contributed by atoms with Crippen LogP contribution in [0.4, 0.5) is 48.3 Å². The maximum atomic E-state index is 13.7. The molecule has 0 unspecified atom stereocenters. The number of benzene rings is 1. The fourth-order valence-corrected chi connectivity index (χ4v) is 3.83. The van der Waals surface area contributed by atoms with Gasteiger partial charge in [0.15, 0.2) is 29.5 Å². The van der Waals surface area contributed by atoms with Crippen LogP contribution in [0.1, 0.15) is 24.5 Å². The molecule has 22 heteroatoms. The summed E-state index contributed by atoms with van der Waals surface area (Å²) in [5.74, 6) is -3.81. The van der Waals surface area contributed by atoms with Crippen LogP contribution in [0.25, 0.3) is 33.8 Å². The second kappa shape index (κ2) is 13.2. The van der Waals surface area contributed by atoms with Crippen molar-refractivity contribution in [3.63, 3.8) is 0 Å². The number of fused-ring (bicyclic) bond motifs is 2. The minimum Gasteiger partial charge on any atom is -0.468 e. The van der Waals surface area contributed by atoms with Crippen molar-refractivity contribution >= 4 is 11.3 Å². The minimum absolute atomic E-state index is 0.0432. The Hall–Kier alpha value is -5.70. The Balaban J connectivity index is 0.000000188. The van der Waals surface area contributed by atoms with Crippen molar-refractivity contribution in [2.24, 2.45) is 0 Å². The zero-order chi connectivity index (χ0) is 34.8. The first-order chi connectivity index (χ1) is 22.6. The zero-order valence-corrected chi connectivity index (χ0v) is 23.1. The molecular formula is C26H14F11N9O2. The Bertz CT molecular complexity index is 2030. The maximum Gasteiger partial charge on any atom is 0.573 e. The topological polar surface area (TPSA) is 118 Å². The standard InChI is InChI=1S/C13H6F6N4O.C13H8F5N5O/c14-7-5-6(1-3-9(7)24-13(17,18)19)8-2-4-10-20-21-12(11(15)16)23(10)22-8;14-11(15)12-21-20-9-3-2-8(22-23(9)12)7-1-4-10(19-5-7)24-6-13(16,17)18/h1-5,11H;1-5,11H,6H2. The Kier molecular flexibility index (Phi) is 9.25. The highest BCUT2D eigenvalue weighted by atomic mass is 19.4. The maximum absolute atomic E-state index is 13.7. The highest BCUT2D eigenvalue weighted by molar-refractivity contribution is 5.62. The number of aromatic nitrogens is 9. The van der Waals surface area contributed by atoms with Gasteiger partial charge in [0.2, 0.25) is 17.5 Å². The monoisotopic (exact) mass is 693 g/mol. The van der Waals surface area contributed by atoms with Gasteiger partial charge in [0.05, 0.1) is 11.4 Å². The second-order valence-electron chi connectivity index (χ2n) is 9.18. The Morgan fingerprint density at radius 3 is 1.67 bits per heavy atom. The molecule has 0 saturated heterocycles. The molecule has 6 rings (SSSR count). The van der Waals surface area contributed by atoms with E-state index < -0.39 is 55.2 Å². The third kappa shape index (κ3) is 7.98. The van der Waals surface area contributed by atoms with Crippen LogP contribution in [0.2, 0.25) is 0 Å². The van der Waals surface area contributed by atoms with Crippen LogP contribution in [0.5, 0.6) is 11.6 Å². The van der Waals surface area contributed by atoms with Gasteiger partial charge in [-0.3, -0.25) is 0 Å². The van der Waals surface area contributed by atoms with Gasteiger partial charge in [0.25, 0.3) is 12.9 Å². The Morgan fingerprint density at radius 1 is 0.667 bits per heavy atom. The minimum atomic E-state index is -5.03. The van der Waals surface area contributed by atoms with Crippen molar-refractivity contribution in [3.05, 3.63) is 78.3 Å². The van der Waals surface area contributed by atoms with E-state index in [0.717, 1.165) is 27.2 Å². The van der Waals surface area contributed by atoms with Gasteiger partial charge >= 0.3 is 12.5 Å². The average molecular weight is 693 g/mol. The third-order valence-corrected chi connectivity index (χ3v) is 5.83. The van der Waals surface area contributed by atoms with Crippen LogP contribution in [0.3, 0.4) is 0 Å². The summed E-state index contributed by atoms with van der Waals surface area (Å²) >= 11 is 0. The van der Waals surface area contributed by atoms with Crippen LogP contribution in [-0.2, 0) is 0 Å². The molecule has 0 aliphatic rings. The fourth-order valence-electron chi connectivity index (χ4n) is 3.83. The van der Waals surface area contributed by atoms with E-state index in [0.29, 0.717) is 5.56 Å². The Labute approximate surface area is 258 Å². The van der Waals surface area contributed by atoms with Gasteiger partial charge in [0, 0.05) is 23.4 Å². The third-order valence-electron chi connectivity index (χ3n) is 5.83. The van der Waals surface area contributed by atoms with Gasteiger partial charge in [-0.05, 0) is 48.5 Å². The summed E-state index contributed by atoms with van der Waals surface area (Å²) in [5, 5.41) is 21.5. The molecule has 0 fully saturated rings. The quantitative estimate of drug-likeness (QED) is 0.166. The van der Waals surface area contributed by atoms with E-state index in [1.807, 2.05) is 0 Å². The second-order valence-corrected chi connectivity index (χ2v) is 9.18. The number of hydrogen-bond acceptors (Lipinski definition) is 9. The van der Waals surface area contributed by atoms with Gasteiger partial charge in [-0.2, -0.15) is 32.4 Å². The highest BCUT2D eigenvalue weighted by Crippen LogP contribution is 2.29. The van der Waals surface area contributed by atoms with Gasteiger partial charge in [-0.1, -0.05) is 0 Å². The summed E-state index contributed by atoms with van der Waals surface area (Å²) in [5.41, 5.74) is 0.988. The van der Waals surface area contributed by atoms with Crippen molar-refractivity contribution in [3.8, 4) is 34.1 Å². The predicted octanol–water partition coefficient (Wildman–Crippen LogP) is 6.83.